The van der Waals surface area contributed by atoms with E-state index in [2.05, 4.69) is 0 Å². The Morgan fingerprint density at radius 1 is 1.17 bits per heavy atom. The lowest BCUT2D eigenvalue weighted by atomic mass is 9.69. The first kappa shape index (κ1) is 19.7. The maximum absolute atomic E-state index is 12.6. The number of aliphatic hydroxyl groups is 2. The number of phenolic OH excluding ortho intramolecular Hbond substituents is 2. The molecule has 0 aliphatic heterocycles. The fourth-order valence-electron chi connectivity index (χ4n) is 4.83. The van der Waals surface area contributed by atoms with E-state index in [1.807, 2.05) is 0 Å². The maximum Gasteiger partial charge on any atom is 0.316 e. The van der Waals surface area contributed by atoms with Gasteiger partial charge in [0, 0.05) is 17.2 Å². The first-order chi connectivity index (χ1) is 13.7. The van der Waals surface area contributed by atoms with Crippen LogP contribution in [0.3, 0.4) is 0 Å². The van der Waals surface area contributed by atoms with Crippen molar-refractivity contribution in [2.45, 2.75) is 56.7 Å². The van der Waals surface area contributed by atoms with Crippen molar-refractivity contribution in [3.8, 4) is 11.5 Å². The van der Waals surface area contributed by atoms with E-state index in [-0.39, 0.29) is 47.5 Å². The molecule has 4 N–H and O–H groups in total. The Hall–Kier alpha value is -2.64. The molecule has 2 aromatic rings. The number of ether oxygens (including phenoxy) is 1. The van der Waals surface area contributed by atoms with Crippen molar-refractivity contribution >= 4 is 22.5 Å². The number of ketones is 1. The van der Waals surface area contributed by atoms with Gasteiger partial charge in [0.1, 0.15) is 17.4 Å². The summed E-state index contributed by atoms with van der Waals surface area (Å²) in [5, 5.41) is 43.7. The third kappa shape index (κ3) is 2.72. The number of hydrogen-bond acceptors (Lipinski definition) is 7. The molecule has 0 saturated carbocycles. The number of benzene rings is 2. The number of carbonyl (C=O) groups excluding carboxylic acids is 2. The predicted octanol–water partition coefficient (Wildman–Crippen LogP) is 2.60. The Balaban J connectivity index is 2.05. The lowest BCUT2D eigenvalue weighted by Gasteiger charge is -2.39. The number of carbonyl (C=O) groups is 2. The molecular weight excluding hydrogens is 376 g/mol. The summed E-state index contributed by atoms with van der Waals surface area (Å²) >= 11 is 0. The van der Waals surface area contributed by atoms with E-state index in [4.69, 9.17) is 4.74 Å². The Morgan fingerprint density at radius 3 is 2.48 bits per heavy atom. The third-order valence-electron chi connectivity index (χ3n) is 6.55. The van der Waals surface area contributed by atoms with Gasteiger partial charge in [0.05, 0.1) is 24.4 Å². The largest absolute Gasteiger partial charge is 0.507 e. The van der Waals surface area contributed by atoms with E-state index < -0.39 is 23.6 Å². The Morgan fingerprint density at radius 2 is 1.83 bits per heavy atom. The van der Waals surface area contributed by atoms with E-state index in [9.17, 15) is 30.0 Å². The van der Waals surface area contributed by atoms with Crippen LogP contribution in [-0.2, 0) is 16.0 Å². The molecule has 0 aromatic heterocycles. The zero-order chi connectivity index (χ0) is 21.1. The third-order valence-corrected chi connectivity index (χ3v) is 6.55. The quantitative estimate of drug-likeness (QED) is 0.571. The van der Waals surface area contributed by atoms with Gasteiger partial charge in [-0.15, -0.1) is 0 Å². The average Bonchev–Trinajstić information content (AvgIpc) is 2.71. The number of methoxy groups -OCH3 is 1. The lowest BCUT2D eigenvalue weighted by Crippen LogP contribution is -2.44. The Kier molecular flexibility index (Phi) is 4.55. The minimum absolute atomic E-state index is 0.0479. The van der Waals surface area contributed by atoms with Crippen LogP contribution in [0.15, 0.2) is 12.1 Å². The highest BCUT2D eigenvalue weighted by Crippen LogP contribution is 2.50. The number of Topliss-reactive ketones (excluding diaryl/α,β-unsaturated/α-hetero) is 1. The van der Waals surface area contributed by atoms with Gasteiger partial charge in [-0.25, -0.2) is 0 Å². The molecule has 4 rings (SSSR count). The summed E-state index contributed by atoms with van der Waals surface area (Å²) in [6, 6.07) is 3.09. The van der Waals surface area contributed by atoms with E-state index in [0.29, 0.717) is 34.9 Å². The van der Waals surface area contributed by atoms with Crippen molar-refractivity contribution in [2.24, 2.45) is 0 Å². The molecule has 0 saturated heterocycles. The predicted molar refractivity (Wildman–Crippen MR) is 104 cm³/mol. The number of esters is 1. The zero-order valence-electron chi connectivity index (χ0n) is 16.4. The lowest BCUT2D eigenvalue weighted by molar-refractivity contribution is -0.151. The Labute approximate surface area is 167 Å². The number of fused-ring (bicyclic) bond motifs is 3. The van der Waals surface area contributed by atoms with E-state index in [1.165, 1.54) is 13.2 Å². The summed E-state index contributed by atoms with van der Waals surface area (Å²) in [4.78, 5) is 24.9. The Bertz CT molecular complexity index is 1040. The van der Waals surface area contributed by atoms with Crippen LogP contribution in [0.2, 0.25) is 0 Å². The molecule has 29 heavy (non-hydrogen) atoms. The molecule has 2 aromatic carbocycles. The fraction of sp³-hybridized carbons (Fsp3) is 0.455. The molecule has 0 unspecified atom stereocenters. The molecule has 0 spiro atoms. The molecule has 0 amide bonds. The first-order valence-electron chi connectivity index (χ1n) is 9.79. The monoisotopic (exact) mass is 400 g/mol. The van der Waals surface area contributed by atoms with Crippen LogP contribution in [0.1, 0.15) is 71.7 Å². The second-order valence-electron chi connectivity index (χ2n) is 7.97. The minimum atomic E-state index is -1.34. The highest BCUT2D eigenvalue weighted by Gasteiger charge is 2.47. The average molecular weight is 400 g/mol. The molecule has 7 nitrogen and oxygen atoms in total. The van der Waals surface area contributed by atoms with Gasteiger partial charge in [-0.05, 0) is 54.5 Å². The normalized spacial score (nSPS) is 26.1. The smallest absolute Gasteiger partial charge is 0.316 e. The molecular formula is C22H24O7. The second-order valence-corrected chi connectivity index (χ2v) is 7.97. The number of rotatable bonds is 2. The summed E-state index contributed by atoms with van der Waals surface area (Å²) in [5.41, 5.74) is -0.104. The molecule has 3 atom stereocenters. The number of aliphatic hydroxyl groups excluding tert-OH is 1. The summed E-state index contributed by atoms with van der Waals surface area (Å²) in [5.74, 6) is -2.37. The van der Waals surface area contributed by atoms with Crippen molar-refractivity contribution in [2.75, 3.05) is 7.11 Å². The maximum atomic E-state index is 12.6. The minimum Gasteiger partial charge on any atom is -0.507 e. The van der Waals surface area contributed by atoms with Crippen LogP contribution in [0.4, 0.5) is 0 Å². The summed E-state index contributed by atoms with van der Waals surface area (Å²) in [6.45, 7) is 1.77. The van der Waals surface area contributed by atoms with Crippen molar-refractivity contribution in [1.29, 1.82) is 0 Å². The standard InChI is InChI=1S/C22H24O7/c1-3-22(28)7-6-10-11(18(22)21(27)29-2)8-13-12(19(10)25)9-14-15(23)4-5-16(24)17(14)20(13)26/h8-9,15,18,23,25-26,28H,3-7H2,1-2H3/t15-,18+,22-/m1/s1. The number of hydrogen-bond donors (Lipinski definition) is 4. The van der Waals surface area contributed by atoms with Gasteiger partial charge < -0.3 is 25.2 Å². The van der Waals surface area contributed by atoms with Crippen LogP contribution in [0.5, 0.6) is 11.5 Å². The SMILES string of the molecule is CC[C@@]1(O)CCc2c(cc3c(O)c4c(cc3c2O)[C@H](O)CCC4=O)[C@H]1C(=O)OC. The molecule has 7 heteroatoms. The van der Waals surface area contributed by atoms with Crippen LogP contribution in [-0.4, -0.2) is 44.9 Å². The number of aromatic hydroxyl groups is 2. The van der Waals surface area contributed by atoms with Crippen molar-refractivity contribution in [1.82, 2.24) is 0 Å². The van der Waals surface area contributed by atoms with Gasteiger partial charge in [-0.2, -0.15) is 0 Å². The van der Waals surface area contributed by atoms with Crippen LogP contribution >= 0.6 is 0 Å². The molecule has 2 aliphatic rings. The molecule has 2 aliphatic carbocycles. The first-order valence-corrected chi connectivity index (χ1v) is 9.79. The van der Waals surface area contributed by atoms with Crippen molar-refractivity contribution < 1.29 is 34.8 Å². The van der Waals surface area contributed by atoms with E-state index >= 15 is 0 Å². The van der Waals surface area contributed by atoms with Gasteiger partial charge in [-0.1, -0.05) is 6.92 Å². The molecule has 154 valence electrons. The van der Waals surface area contributed by atoms with Crippen LogP contribution < -0.4 is 0 Å². The topological polar surface area (TPSA) is 124 Å². The molecule has 0 radical (unpaired) electrons. The summed E-state index contributed by atoms with van der Waals surface area (Å²) < 4.78 is 4.92. The van der Waals surface area contributed by atoms with Gasteiger partial charge >= 0.3 is 5.97 Å². The second kappa shape index (κ2) is 6.71. The fourth-order valence-corrected chi connectivity index (χ4v) is 4.83. The van der Waals surface area contributed by atoms with E-state index in [1.54, 1.807) is 13.0 Å². The summed E-state index contributed by atoms with van der Waals surface area (Å²) in [6.07, 6.45) is 0.399. The van der Waals surface area contributed by atoms with E-state index in [0.717, 1.165) is 0 Å². The summed E-state index contributed by atoms with van der Waals surface area (Å²) in [7, 11) is 1.24. The zero-order valence-corrected chi connectivity index (χ0v) is 16.4. The van der Waals surface area contributed by atoms with Gasteiger partial charge in [0.25, 0.3) is 0 Å². The molecule has 0 fully saturated rings. The van der Waals surface area contributed by atoms with Gasteiger partial charge in [-0.3, -0.25) is 9.59 Å². The number of phenols is 2. The van der Waals surface area contributed by atoms with Crippen molar-refractivity contribution in [3.63, 3.8) is 0 Å². The van der Waals surface area contributed by atoms with Crippen LogP contribution in [0.25, 0.3) is 10.8 Å². The van der Waals surface area contributed by atoms with Crippen molar-refractivity contribution in [3.05, 3.63) is 34.4 Å². The molecule has 0 bridgehead atoms. The highest BCUT2D eigenvalue weighted by molar-refractivity contribution is 6.09. The molecule has 0 heterocycles. The van der Waals surface area contributed by atoms with Gasteiger partial charge in [0.2, 0.25) is 0 Å². The van der Waals surface area contributed by atoms with Crippen LogP contribution in [0, 0.1) is 0 Å². The van der Waals surface area contributed by atoms with Gasteiger partial charge in [0.15, 0.2) is 5.78 Å². The highest BCUT2D eigenvalue weighted by atomic mass is 16.5.